The van der Waals surface area contributed by atoms with E-state index in [9.17, 15) is 0 Å². The second-order valence-electron chi connectivity index (χ2n) is 7.70. The van der Waals surface area contributed by atoms with Crippen molar-refractivity contribution in [2.45, 2.75) is 45.8 Å². The molecule has 0 bridgehead atoms. The highest BCUT2D eigenvalue weighted by Gasteiger charge is 2.42. The Hall–Kier alpha value is -2.66. The molecule has 28 heavy (non-hydrogen) atoms. The van der Waals surface area contributed by atoms with Crippen LogP contribution in [0.15, 0.2) is 60.9 Å². The van der Waals surface area contributed by atoms with Crippen LogP contribution in [0.3, 0.4) is 0 Å². The number of pyridine rings is 1. The second kappa shape index (κ2) is 7.40. The second-order valence-corrected chi connectivity index (χ2v) is 8.09. The van der Waals surface area contributed by atoms with Gasteiger partial charge in [0.25, 0.3) is 0 Å². The van der Waals surface area contributed by atoms with Crippen molar-refractivity contribution >= 4 is 23.0 Å². The maximum Gasteiger partial charge on any atom is 0.174 e. The van der Waals surface area contributed by atoms with Crippen molar-refractivity contribution in [3.05, 3.63) is 83.4 Å². The fourth-order valence-electron chi connectivity index (χ4n) is 3.94. The van der Waals surface area contributed by atoms with Crippen molar-refractivity contribution < 1.29 is 0 Å². The standard InChI is InChI=1S/C23H26N4S/c1-15(2)26-13-7-9-20(26)22-21(19-8-5-6-12-24-19)25-23(28)27(22)18-11-10-16(3)17(4)14-18/h5-15,21-22H,1-4H3,(H,25,28)/t21-,22-/m1/s1. The lowest BCUT2D eigenvalue weighted by atomic mass is 10.00. The summed E-state index contributed by atoms with van der Waals surface area (Å²) in [6.45, 7) is 8.70. The molecule has 1 fully saturated rings. The number of benzene rings is 1. The van der Waals surface area contributed by atoms with E-state index in [0.717, 1.165) is 16.5 Å². The predicted octanol–water partition coefficient (Wildman–Crippen LogP) is 5.26. The van der Waals surface area contributed by atoms with Gasteiger partial charge in [-0.1, -0.05) is 12.1 Å². The quantitative estimate of drug-likeness (QED) is 0.616. The molecule has 144 valence electrons. The summed E-state index contributed by atoms with van der Waals surface area (Å²) in [4.78, 5) is 6.88. The highest BCUT2D eigenvalue weighted by molar-refractivity contribution is 7.80. The monoisotopic (exact) mass is 390 g/mol. The fraction of sp³-hybridized carbons (Fsp3) is 0.304. The Morgan fingerprint density at radius 2 is 1.86 bits per heavy atom. The van der Waals surface area contributed by atoms with E-state index in [4.69, 9.17) is 12.2 Å². The van der Waals surface area contributed by atoms with Crippen molar-refractivity contribution in [3.63, 3.8) is 0 Å². The molecule has 0 aliphatic carbocycles. The van der Waals surface area contributed by atoms with Gasteiger partial charge in [-0.25, -0.2) is 0 Å². The topological polar surface area (TPSA) is 33.1 Å². The lowest BCUT2D eigenvalue weighted by Crippen LogP contribution is -2.30. The molecule has 0 unspecified atom stereocenters. The van der Waals surface area contributed by atoms with Gasteiger partial charge in [-0.2, -0.15) is 0 Å². The molecule has 4 rings (SSSR count). The van der Waals surface area contributed by atoms with Gasteiger partial charge in [0.1, 0.15) is 6.04 Å². The van der Waals surface area contributed by atoms with Gasteiger partial charge in [-0.05, 0) is 87.4 Å². The fourth-order valence-corrected chi connectivity index (χ4v) is 4.28. The van der Waals surface area contributed by atoms with Crippen LogP contribution in [-0.2, 0) is 0 Å². The van der Waals surface area contributed by atoms with Crippen molar-refractivity contribution in [2.75, 3.05) is 4.90 Å². The van der Waals surface area contributed by atoms with E-state index in [1.807, 2.05) is 18.3 Å². The zero-order chi connectivity index (χ0) is 19.8. The zero-order valence-electron chi connectivity index (χ0n) is 16.8. The summed E-state index contributed by atoms with van der Waals surface area (Å²) in [5.41, 5.74) is 5.89. The van der Waals surface area contributed by atoms with Gasteiger partial charge in [-0.15, -0.1) is 0 Å². The molecular weight excluding hydrogens is 364 g/mol. The minimum atomic E-state index is -0.0114. The Balaban J connectivity index is 1.87. The number of aromatic nitrogens is 2. The smallest absolute Gasteiger partial charge is 0.174 e. The van der Waals surface area contributed by atoms with E-state index in [-0.39, 0.29) is 12.1 Å². The summed E-state index contributed by atoms with van der Waals surface area (Å²) in [6.07, 6.45) is 3.99. The van der Waals surface area contributed by atoms with Crippen molar-refractivity contribution in [3.8, 4) is 0 Å². The van der Waals surface area contributed by atoms with Crippen LogP contribution in [0, 0.1) is 13.8 Å². The van der Waals surface area contributed by atoms with Crippen LogP contribution in [0.25, 0.3) is 0 Å². The molecule has 1 saturated heterocycles. The summed E-state index contributed by atoms with van der Waals surface area (Å²) in [5.74, 6) is 0. The number of nitrogens with zero attached hydrogens (tertiary/aromatic N) is 3. The molecule has 1 N–H and O–H groups in total. The maximum absolute atomic E-state index is 5.81. The minimum absolute atomic E-state index is 0.0114. The van der Waals surface area contributed by atoms with Crippen LogP contribution in [0.2, 0.25) is 0 Å². The Morgan fingerprint density at radius 1 is 1.04 bits per heavy atom. The van der Waals surface area contributed by atoms with E-state index in [2.05, 4.69) is 90.1 Å². The first-order valence-electron chi connectivity index (χ1n) is 9.72. The van der Waals surface area contributed by atoms with Crippen LogP contribution in [-0.4, -0.2) is 14.7 Å². The first kappa shape index (κ1) is 18.7. The average Bonchev–Trinajstić information content (AvgIpc) is 3.29. The minimum Gasteiger partial charge on any atom is -0.351 e. The van der Waals surface area contributed by atoms with E-state index in [1.165, 1.54) is 16.8 Å². The van der Waals surface area contributed by atoms with Gasteiger partial charge in [0.15, 0.2) is 5.11 Å². The summed E-state index contributed by atoms with van der Waals surface area (Å²) < 4.78 is 2.32. The van der Waals surface area contributed by atoms with Crippen LogP contribution >= 0.6 is 12.2 Å². The summed E-state index contributed by atoms with van der Waals surface area (Å²) in [6, 6.07) is 17.3. The third-order valence-corrected chi connectivity index (χ3v) is 5.85. The average molecular weight is 391 g/mol. The predicted molar refractivity (Wildman–Crippen MR) is 119 cm³/mol. The number of rotatable bonds is 4. The van der Waals surface area contributed by atoms with Gasteiger partial charge in [0.05, 0.1) is 11.7 Å². The van der Waals surface area contributed by atoms with Crippen LogP contribution in [0.1, 0.15) is 54.5 Å². The Labute approximate surface area is 172 Å². The third-order valence-electron chi connectivity index (χ3n) is 5.54. The Morgan fingerprint density at radius 3 is 2.54 bits per heavy atom. The third kappa shape index (κ3) is 3.20. The number of hydrogen-bond donors (Lipinski definition) is 1. The van der Waals surface area contributed by atoms with Crippen LogP contribution in [0.4, 0.5) is 5.69 Å². The Bertz CT molecular complexity index is 993. The largest absolute Gasteiger partial charge is 0.351 e. The molecule has 1 aliphatic heterocycles. The van der Waals surface area contributed by atoms with Crippen LogP contribution in [0.5, 0.6) is 0 Å². The summed E-state index contributed by atoms with van der Waals surface area (Å²) >= 11 is 5.81. The number of thiocarbonyl (C=S) groups is 1. The highest BCUT2D eigenvalue weighted by Crippen LogP contribution is 2.42. The van der Waals surface area contributed by atoms with Gasteiger partial charge in [0, 0.05) is 29.8 Å². The normalized spacial score (nSPS) is 19.3. The molecule has 0 radical (unpaired) electrons. The first-order chi connectivity index (χ1) is 13.5. The lowest BCUT2D eigenvalue weighted by molar-refractivity contribution is 0.497. The molecule has 2 aromatic heterocycles. The van der Waals surface area contributed by atoms with Crippen molar-refractivity contribution in [1.82, 2.24) is 14.9 Å². The molecule has 0 saturated carbocycles. The van der Waals surface area contributed by atoms with Crippen molar-refractivity contribution in [1.29, 1.82) is 0 Å². The van der Waals surface area contributed by atoms with Gasteiger partial charge >= 0.3 is 0 Å². The molecule has 2 atom stereocenters. The number of anilines is 1. The van der Waals surface area contributed by atoms with E-state index >= 15 is 0 Å². The number of nitrogens with one attached hydrogen (secondary N) is 1. The van der Waals surface area contributed by atoms with E-state index in [0.29, 0.717) is 6.04 Å². The van der Waals surface area contributed by atoms with E-state index in [1.54, 1.807) is 0 Å². The molecule has 4 nitrogen and oxygen atoms in total. The maximum atomic E-state index is 5.81. The van der Waals surface area contributed by atoms with Gasteiger partial charge in [0.2, 0.25) is 0 Å². The lowest BCUT2D eigenvalue weighted by Gasteiger charge is -2.30. The molecule has 3 heterocycles. The van der Waals surface area contributed by atoms with Crippen LogP contribution < -0.4 is 10.2 Å². The summed E-state index contributed by atoms with van der Waals surface area (Å²) in [5, 5.41) is 4.28. The summed E-state index contributed by atoms with van der Waals surface area (Å²) in [7, 11) is 0. The highest BCUT2D eigenvalue weighted by atomic mass is 32.1. The molecule has 1 aromatic carbocycles. The number of hydrogen-bond acceptors (Lipinski definition) is 2. The van der Waals surface area contributed by atoms with Gasteiger partial charge < -0.3 is 14.8 Å². The van der Waals surface area contributed by atoms with Gasteiger partial charge in [-0.3, -0.25) is 4.98 Å². The number of aryl methyl sites for hydroxylation is 2. The van der Waals surface area contributed by atoms with Crippen molar-refractivity contribution in [2.24, 2.45) is 0 Å². The Kier molecular flexibility index (Phi) is 4.94. The van der Waals surface area contributed by atoms with E-state index < -0.39 is 0 Å². The molecule has 0 spiro atoms. The molecule has 3 aromatic rings. The molecule has 0 amide bonds. The first-order valence-corrected chi connectivity index (χ1v) is 10.1. The molecule has 1 aliphatic rings. The zero-order valence-corrected chi connectivity index (χ0v) is 17.6. The molecular formula is C23H26N4S. The SMILES string of the molecule is Cc1ccc(N2C(=S)N[C@H](c3ccccn3)[C@H]2c2cccn2C(C)C)cc1C. The molecule has 5 heteroatoms.